The summed E-state index contributed by atoms with van der Waals surface area (Å²) in [5, 5.41) is 11.7. The lowest BCUT2D eigenvalue weighted by atomic mass is 10.1. The third-order valence-electron chi connectivity index (χ3n) is 2.61. The van der Waals surface area contributed by atoms with Gasteiger partial charge in [0.2, 0.25) is 0 Å². The first kappa shape index (κ1) is 13.7. The molecule has 1 rings (SSSR count). The van der Waals surface area contributed by atoms with Gasteiger partial charge in [-0.1, -0.05) is 6.92 Å². The van der Waals surface area contributed by atoms with E-state index in [1.54, 1.807) is 0 Å². The predicted octanol–water partition coefficient (Wildman–Crippen LogP) is 0.957. The maximum Gasteiger partial charge on any atom is 0.327 e. The molecule has 0 spiro atoms. The second kappa shape index (κ2) is 6.40. The fraction of sp³-hybridized carbons (Fsp3) is 0.636. The second-order valence-corrected chi connectivity index (χ2v) is 4.79. The summed E-state index contributed by atoms with van der Waals surface area (Å²) < 4.78 is 0. The Kier molecular flexibility index (Phi) is 5.16. The number of rotatable bonds is 4. The SMILES string of the molecule is C#CCC(CC)NC(=O)N1CSC[C@H]1C(=O)O. The first-order valence-corrected chi connectivity index (χ1v) is 6.56. The minimum atomic E-state index is -0.963. The van der Waals surface area contributed by atoms with Crippen molar-refractivity contribution in [1.29, 1.82) is 0 Å². The molecule has 6 heteroatoms. The van der Waals surface area contributed by atoms with Crippen molar-refractivity contribution in [2.75, 3.05) is 11.6 Å². The van der Waals surface area contributed by atoms with Crippen molar-refractivity contribution in [3.63, 3.8) is 0 Å². The Balaban J connectivity index is 2.57. The van der Waals surface area contributed by atoms with Gasteiger partial charge in [-0.15, -0.1) is 24.1 Å². The molecule has 0 radical (unpaired) electrons. The van der Waals surface area contributed by atoms with Crippen LogP contribution in [0.4, 0.5) is 4.79 Å². The van der Waals surface area contributed by atoms with Crippen LogP contribution in [0, 0.1) is 12.3 Å². The van der Waals surface area contributed by atoms with E-state index in [0.717, 1.165) is 6.42 Å². The van der Waals surface area contributed by atoms with Crippen LogP contribution in [0.2, 0.25) is 0 Å². The molecule has 1 fully saturated rings. The van der Waals surface area contributed by atoms with Crippen molar-refractivity contribution >= 4 is 23.8 Å². The predicted molar refractivity (Wildman–Crippen MR) is 66.6 cm³/mol. The topological polar surface area (TPSA) is 69.6 Å². The summed E-state index contributed by atoms with van der Waals surface area (Å²) in [5.74, 6) is 2.38. The molecule has 0 aromatic carbocycles. The first-order valence-electron chi connectivity index (χ1n) is 5.41. The van der Waals surface area contributed by atoms with Crippen molar-refractivity contribution in [3.05, 3.63) is 0 Å². The maximum atomic E-state index is 11.9. The third kappa shape index (κ3) is 3.56. The van der Waals surface area contributed by atoms with Crippen LogP contribution in [0.15, 0.2) is 0 Å². The smallest absolute Gasteiger partial charge is 0.327 e. The minimum absolute atomic E-state index is 0.0902. The molecule has 1 heterocycles. The summed E-state index contributed by atoms with van der Waals surface area (Å²) in [4.78, 5) is 24.1. The molecule has 1 saturated heterocycles. The molecular formula is C11H16N2O3S. The van der Waals surface area contributed by atoms with E-state index < -0.39 is 12.0 Å². The highest BCUT2D eigenvalue weighted by Gasteiger charge is 2.34. The zero-order valence-corrected chi connectivity index (χ0v) is 10.5. The van der Waals surface area contributed by atoms with Crippen LogP contribution in [0.5, 0.6) is 0 Å². The summed E-state index contributed by atoms with van der Waals surface area (Å²) in [5.41, 5.74) is 0. The number of carbonyl (C=O) groups excluding carboxylic acids is 1. The van der Waals surface area contributed by atoms with Crippen molar-refractivity contribution in [3.8, 4) is 12.3 Å². The molecule has 0 aromatic rings. The lowest BCUT2D eigenvalue weighted by Gasteiger charge is -2.23. The van der Waals surface area contributed by atoms with Gasteiger partial charge in [-0.2, -0.15) is 0 Å². The van der Waals surface area contributed by atoms with Gasteiger partial charge in [0, 0.05) is 18.2 Å². The lowest BCUT2D eigenvalue weighted by Crippen LogP contribution is -2.49. The number of amides is 2. The Labute approximate surface area is 105 Å². The molecule has 1 unspecified atom stereocenters. The highest BCUT2D eigenvalue weighted by atomic mass is 32.2. The number of aliphatic carboxylic acids is 1. The summed E-state index contributed by atoms with van der Waals surface area (Å²) in [7, 11) is 0. The molecule has 0 aromatic heterocycles. The van der Waals surface area contributed by atoms with Crippen LogP contribution in [0.25, 0.3) is 0 Å². The number of nitrogens with one attached hydrogen (secondary N) is 1. The van der Waals surface area contributed by atoms with Crippen LogP contribution in [-0.2, 0) is 4.79 Å². The van der Waals surface area contributed by atoms with Crippen LogP contribution in [0.3, 0.4) is 0 Å². The quantitative estimate of drug-likeness (QED) is 0.735. The van der Waals surface area contributed by atoms with Crippen LogP contribution in [0.1, 0.15) is 19.8 Å². The average molecular weight is 256 g/mol. The van der Waals surface area contributed by atoms with Crippen molar-refractivity contribution < 1.29 is 14.7 Å². The standard InChI is InChI=1S/C11H16N2O3S/c1-3-5-8(4-2)12-11(16)13-7-17-6-9(13)10(14)15/h1,8-9H,4-7H2,2H3,(H,12,16)(H,14,15)/t8?,9-/m0/s1. The van der Waals surface area contributed by atoms with Gasteiger partial charge in [0.15, 0.2) is 0 Å². The second-order valence-electron chi connectivity index (χ2n) is 3.79. The van der Waals surface area contributed by atoms with E-state index in [4.69, 9.17) is 11.5 Å². The van der Waals surface area contributed by atoms with Crippen molar-refractivity contribution in [1.82, 2.24) is 10.2 Å². The Hall–Kier alpha value is -1.35. The van der Waals surface area contributed by atoms with E-state index in [0.29, 0.717) is 18.1 Å². The minimum Gasteiger partial charge on any atom is -0.480 e. The number of terminal acetylenes is 1. The van der Waals surface area contributed by atoms with E-state index >= 15 is 0 Å². The van der Waals surface area contributed by atoms with E-state index in [1.807, 2.05) is 6.92 Å². The summed E-state index contributed by atoms with van der Waals surface area (Å²) in [6, 6.07) is -1.17. The highest BCUT2D eigenvalue weighted by molar-refractivity contribution is 7.99. The van der Waals surface area contributed by atoms with E-state index in [2.05, 4.69) is 11.2 Å². The fourth-order valence-electron chi connectivity index (χ4n) is 1.54. The van der Waals surface area contributed by atoms with E-state index in [-0.39, 0.29) is 12.1 Å². The van der Waals surface area contributed by atoms with Gasteiger partial charge in [0.1, 0.15) is 6.04 Å². The molecule has 94 valence electrons. The van der Waals surface area contributed by atoms with Gasteiger partial charge in [-0.3, -0.25) is 0 Å². The zero-order chi connectivity index (χ0) is 12.8. The molecule has 2 amide bonds. The molecule has 0 saturated carbocycles. The average Bonchev–Trinajstić information content (AvgIpc) is 2.77. The number of carbonyl (C=O) groups is 2. The molecule has 0 aliphatic carbocycles. The molecule has 2 atom stereocenters. The van der Waals surface area contributed by atoms with Gasteiger partial charge in [-0.25, -0.2) is 9.59 Å². The normalized spacial score (nSPS) is 20.7. The van der Waals surface area contributed by atoms with Gasteiger partial charge >= 0.3 is 12.0 Å². The summed E-state index contributed by atoms with van der Waals surface area (Å²) in [6.07, 6.45) is 6.39. The number of thioether (sulfide) groups is 1. The Bertz CT molecular complexity index is 340. The Morgan fingerprint density at radius 2 is 2.41 bits per heavy atom. The molecule has 17 heavy (non-hydrogen) atoms. The van der Waals surface area contributed by atoms with Gasteiger partial charge in [-0.05, 0) is 6.42 Å². The van der Waals surface area contributed by atoms with E-state index in [9.17, 15) is 9.59 Å². The summed E-state index contributed by atoms with van der Waals surface area (Å²) >= 11 is 1.44. The van der Waals surface area contributed by atoms with Crippen LogP contribution >= 0.6 is 11.8 Å². The number of nitrogens with zero attached hydrogens (tertiary/aromatic N) is 1. The number of hydrogen-bond donors (Lipinski definition) is 2. The molecule has 5 nitrogen and oxygen atoms in total. The number of hydrogen-bond acceptors (Lipinski definition) is 3. The van der Waals surface area contributed by atoms with Crippen molar-refractivity contribution in [2.45, 2.75) is 31.8 Å². The lowest BCUT2D eigenvalue weighted by molar-refractivity contribution is -0.140. The number of carboxylic acid groups (broad SMARTS) is 1. The molecular weight excluding hydrogens is 240 g/mol. The Morgan fingerprint density at radius 3 is 2.94 bits per heavy atom. The van der Waals surface area contributed by atoms with Crippen molar-refractivity contribution in [2.24, 2.45) is 0 Å². The third-order valence-corrected chi connectivity index (χ3v) is 3.63. The maximum absolute atomic E-state index is 11.9. The number of urea groups is 1. The largest absolute Gasteiger partial charge is 0.480 e. The molecule has 2 N–H and O–H groups in total. The first-order chi connectivity index (χ1) is 8.10. The molecule has 0 bridgehead atoms. The van der Waals surface area contributed by atoms with Crippen LogP contribution < -0.4 is 5.32 Å². The van der Waals surface area contributed by atoms with E-state index in [1.165, 1.54) is 16.7 Å². The molecule has 1 aliphatic rings. The van der Waals surface area contributed by atoms with Gasteiger partial charge in [0.05, 0.1) is 5.88 Å². The van der Waals surface area contributed by atoms with Crippen LogP contribution in [-0.4, -0.2) is 45.7 Å². The highest BCUT2D eigenvalue weighted by Crippen LogP contribution is 2.21. The summed E-state index contributed by atoms with van der Waals surface area (Å²) in [6.45, 7) is 1.93. The van der Waals surface area contributed by atoms with Gasteiger partial charge < -0.3 is 15.3 Å². The number of carboxylic acids is 1. The molecule has 1 aliphatic heterocycles. The fourth-order valence-corrected chi connectivity index (χ4v) is 2.69. The van der Waals surface area contributed by atoms with Gasteiger partial charge in [0.25, 0.3) is 0 Å². The zero-order valence-electron chi connectivity index (χ0n) is 9.68. The monoisotopic (exact) mass is 256 g/mol. The Morgan fingerprint density at radius 1 is 1.71 bits per heavy atom.